The van der Waals surface area contributed by atoms with Crippen LogP contribution in [0.15, 0.2) is 76.4 Å². The van der Waals surface area contributed by atoms with E-state index in [0.29, 0.717) is 16.5 Å². The minimum atomic E-state index is -4.55. The molecule has 0 aliphatic heterocycles. The summed E-state index contributed by atoms with van der Waals surface area (Å²) >= 11 is 5.91. The number of halogens is 4. The molecule has 14 heteroatoms. The molecule has 0 bridgehead atoms. The minimum Gasteiger partial charge on any atom is -0.457 e. The lowest BCUT2D eigenvalue weighted by Gasteiger charge is -2.13. The number of carbonyl (C=O) groups excluding carboxylic acids is 1. The molecule has 10 nitrogen and oxygen atoms in total. The summed E-state index contributed by atoms with van der Waals surface area (Å²) in [7, 11) is 0. The van der Waals surface area contributed by atoms with Crippen molar-refractivity contribution in [3.05, 3.63) is 104 Å². The van der Waals surface area contributed by atoms with E-state index in [2.05, 4.69) is 20.3 Å². The van der Waals surface area contributed by atoms with Gasteiger partial charge in [-0.3, -0.25) is 19.3 Å². The maximum absolute atomic E-state index is 12.4. The van der Waals surface area contributed by atoms with Gasteiger partial charge < -0.3 is 15.4 Å². The van der Waals surface area contributed by atoms with Gasteiger partial charge in [-0.25, -0.2) is 9.59 Å². The first kappa shape index (κ1) is 26.4. The predicted octanol–water partition coefficient (Wildman–Crippen LogP) is 3.86. The largest absolute Gasteiger partial charge is 0.457 e. The number of amides is 1. The van der Waals surface area contributed by atoms with Crippen LogP contribution in [-0.2, 0) is 6.54 Å². The van der Waals surface area contributed by atoms with Crippen molar-refractivity contribution >= 4 is 29.1 Å². The zero-order valence-electron chi connectivity index (χ0n) is 19.3. The third kappa shape index (κ3) is 7.20. The van der Waals surface area contributed by atoms with Gasteiger partial charge in [0.05, 0.1) is 6.54 Å². The van der Waals surface area contributed by atoms with Crippen molar-refractivity contribution in [3.8, 4) is 11.5 Å². The van der Waals surface area contributed by atoms with Gasteiger partial charge in [0, 0.05) is 23.0 Å². The second-order valence-electron chi connectivity index (χ2n) is 7.81. The number of rotatable bonds is 8. The number of pyridine rings is 1. The SMILES string of the molecule is O=C(NCC(F)(F)F)c1cc(Oc2ccc(Nc3nc(=O)[nH]c(=O)n3Cc3ccc(Cl)cc3)cc2)ccn1. The van der Waals surface area contributed by atoms with Crippen LogP contribution in [-0.4, -0.2) is 38.1 Å². The van der Waals surface area contributed by atoms with Crippen molar-refractivity contribution in [1.29, 1.82) is 0 Å². The van der Waals surface area contributed by atoms with Crippen molar-refractivity contribution in [2.75, 3.05) is 11.9 Å². The fourth-order valence-corrected chi connectivity index (χ4v) is 3.32. The van der Waals surface area contributed by atoms with Gasteiger partial charge in [-0.1, -0.05) is 23.7 Å². The monoisotopic (exact) mass is 546 g/mol. The van der Waals surface area contributed by atoms with E-state index >= 15 is 0 Å². The van der Waals surface area contributed by atoms with Crippen molar-refractivity contribution in [3.63, 3.8) is 0 Å². The number of H-pyrrole nitrogens is 1. The summed E-state index contributed by atoms with van der Waals surface area (Å²) in [5.41, 5.74) is -0.501. The Labute approximate surface area is 217 Å². The van der Waals surface area contributed by atoms with E-state index in [1.807, 2.05) is 0 Å². The molecule has 2 aromatic carbocycles. The van der Waals surface area contributed by atoms with Gasteiger partial charge in [-0.05, 0) is 48.0 Å². The zero-order valence-corrected chi connectivity index (χ0v) is 20.0. The van der Waals surface area contributed by atoms with Gasteiger partial charge >= 0.3 is 17.6 Å². The van der Waals surface area contributed by atoms with Crippen LogP contribution in [0.5, 0.6) is 11.5 Å². The lowest BCUT2D eigenvalue weighted by Crippen LogP contribution is -2.34. The molecule has 1 amide bonds. The molecule has 38 heavy (non-hydrogen) atoms. The van der Waals surface area contributed by atoms with Crippen LogP contribution in [0.25, 0.3) is 0 Å². The Morgan fingerprint density at radius 3 is 2.42 bits per heavy atom. The fraction of sp³-hybridized carbons (Fsp3) is 0.125. The molecule has 2 aromatic heterocycles. The Bertz CT molecular complexity index is 1550. The standard InChI is InChI=1S/C24H18ClF3N6O4/c25-15-3-1-14(2-4-15)12-34-21(32-22(36)33-23(34)37)31-16-5-7-17(8-6-16)38-18-9-10-29-19(11-18)20(35)30-13-24(26,27)28/h1-11H,12-13H2,(H,30,35)(H2,31,32,33,36,37). The van der Waals surface area contributed by atoms with E-state index in [1.54, 1.807) is 53.8 Å². The smallest absolute Gasteiger partial charge is 0.405 e. The Hall–Kier alpha value is -4.65. The number of nitrogens with zero attached hydrogens (tertiary/aromatic N) is 3. The number of anilines is 2. The van der Waals surface area contributed by atoms with E-state index in [4.69, 9.17) is 16.3 Å². The number of benzene rings is 2. The Kier molecular flexibility index (Phi) is 7.76. The number of alkyl halides is 3. The quantitative estimate of drug-likeness (QED) is 0.306. The average Bonchev–Trinajstić information content (AvgIpc) is 2.86. The summed E-state index contributed by atoms with van der Waals surface area (Å²) in [6.45, 7) is -1.37. The summed E-state index contributed by atoms with van der Waals surface area (Å²) in [5, 5.41) is 5.20. The molecular weight excluding hydrogens is 529 g/mol. The maximum atomic E-state index is 12.4. The highest BCUT2D eigenvalue weighted by Gasteiger charge is 2.28. The van der Waals surface area contributed by atoms with Crippen molar-refractivity contribution < 1.29 is 22.7 Å². The van der Waals surface area contributed by atoms with Gasteiger partial charge in [0.2, 0.25) is 5.95 Å². The van der Waals surface area contributed by atoms with Crippen molar-refractivity contribution in [2.24, 2.45) is 0 Å². The van der Waals surface area contributed by atoms with Crippen LogP contribution in [0.2, 0.25) is 5.02 Å². The number of aromatic amines is 1. The normalized spacial score (nSPS) is 11.2. The molecule has 0 saturated carbocycles. The maximum Gasteiger partial charge on any atom is 0.405 e. The van der Waals surface area contributed by atoms with E-state index in [0.717, 1.165) is 5.56 Å². The molecule has 196 valence electrons. The molecule has 0 unspecified atom stereocenters. The first-order valence-corrected chi connectivity index (χ1v) is 11.2. The fourth-order valence-electron chi connectivity index (χ4n) is 3.20. The van der Waals surface area contributed by atoms with Gasteiger partial charge in [-0.2, -0.15) is 18.2 Å². The van der Waals surface area contributed by atoms with Crippen LogP contribution < -0.4 is 26.7 Å². The van der Waals surface area contributed by atoms with E-state index < -0.39 is 30.0 Å². The molecule has 2 heterocycles. The van der Waals surface area contributed by atoms with Crippen LogP contribution >= 0.6 is 11.6 Å². The van der Waals surface area contributed by atoms with Gasteiger partial charge in [0.1, 0.15) is 23.7 Å². The van der Waals surface area contributed by atoms with Crippen molar-refractivity contribution in [1.82, 2.24) is 24.8 Å². The molecule has 0 aliphatic rings. The van der Waals surface area contributed by atoms with Crippen LogP contribution in [0.1, 0.15) is 16.1 Å². The highest BCUT2D eigenvalue weighted by molar-refractivity contribution is 6.30. The Balaban J connectivity index is 1.47. The zero-order chi connectivity index (χ0) is 27.3. The van der Waals surface area contributed by atoms with Crippen LogP contribution in [0.4, 0.5) is 24.8 Å². The second kappa shape index (κ2) is 11.2. The molecule has 4 rings (SSSR count). The second-order valence-corrected chi connectivity index (χ2v) is 8.25. The molecule has 0 radical (unpaired) electrons. The molecular formula is C24H18ClF3N6O4. The third-order valence-corrected chi connectivity index (χ3v) is 5.19. The van der Waals surface area contributed by atoms with Gasteiger partial charge in [0.15, 0.2) is 0 Å². The lowest BCUT2D eigenvalue weighted by molar-refractivity contribution is -0.123. The third-order valence-electron chi connectivity index (χ3n) is 4.94. The Morgan fingerprint density at radius 2 is 1.74 bits per heavy atom. The molecule has 0 saturated heterocycles. The number of nitrogens with one attached hydrogen (secondary N) is 3. The first-order chi connectivity index (χ1) is 18.1. The molecule has 3 N–H and O–H groups in total. The number of ether oxygens (including phenoxy) is 1. The lowest BCUT2D eigenvalue weighted by atomic mass is 10.2. The van der Waals surface area contributed by atoms with E-state index in [1.165, 1.54) is 22.9 Å². The number of carbonyl (C=O) groups is 1. The van der Waals surface area contributed by atoms with Crippen LogP contribution in [0.3, 0.4) is 0 Å². The first-order valence-electron chi connectivity index (χ1n) is 10.9. The topological polar surface area (TPSA) is 131 Å². The molecule has 0 aliphatic carbocycles. The predicted molar refractivity (Wildman–Crippen MR) is 132 cm³/mol. The van der Waals surface area contributed by atoms with Crippen LogP contribution in [0, 0.1) is 0 Å². The molecule has 4 aromatic rings. The number of hydrogen-bond donors (Lipinski definition) is 3. The van der Waals surface area contributed by atoms with Crippen molar-refractivity contribution in [2.45, 2.75) is 12.7 Å². The van der Waals surface area contributed by atoms with Gasteiger partial charge in [0.25, 0.3) is 5.91 Å². The summed E-state index contributed by atoms with van der Waals surface area (Å²) in [6.07, 6.45) is -3.32. The average molecular weight is 547 g/mol. The highest BCUT2D eigenvalue weighted by atomic mass is 35.5. The van der Waals surface area contributed by atoms with Gasteiger partial charge in [-0.15, -0.1) is 0 Å². The van der Waals surface area contributed by atoms with E-state index in [9.17, 15) is 27.6 Å². The Morgan fingerprint density at radius 1 is 1.03 bits per heavy atom. The highest BCUT2D eigenvalue weighted by Crippen LogP contribution is 2.24. The van der Waals surface area contributed by atoms with E-state index in [-0.39, 0.29) is 23.9 Å². The minimum absolute atomic E-state index is 0.00557. The molecule has 0 atom stereocenters. The summed E-state index contributed by atoms with van der Waals surface area (Å²) in [5.74, 6) is -0.486. The summed E-state index contributed by atoms with van der Waals surface area (Å²) in [4.78, 5) is 45.9. The summed E-state index contributed by atoms with van der Waals surface area (Å²) < 4.78 is 43.9. The number of hydrogen-bond acceptors (Lipinski definition) is 7. The summed E-state index contributed by atoms with van der Waals surface area (Å²) in [6, 6.07) is 15.8. The molecule has 0 spiro atoms. The number of aromatic nitrogens is 4. The molecule has 0 fully saturated rings.